The lowest BCUT2D eigenvalue weighted by Crippen LogP contribution is -2.45. The Morgan fingerprint density at radius 1 is 1.33 bits per heavy atom. The maximum atomic E-state index is 11.3. The summed E-state index contributed by atoms with van der Waals surface area (Å²) >= 11 is 0. The molecule has 1 atom stereocenters. The molecule has 0 aliphatic carbocycles. The second kappa shape index (κ2) is 6.55. The predicted molar refractivity (Wildman–Crippen MR) is 65.4 cm³/mol. The van der Waals surface area contributed by atoms with Gasteiger partial charge in [0.2, 0.25) is 10.0 Å². The van der Waals surface area contributed by atoms with Crippen molar-refractivity contribution in [3.63, 3.8) is 0 Å². The Morgan fingerprint density at radius 2 is 1.89 bits per heavy atom. The van der Waals surface area contributed by atoms with Crippen molar-refractivity contribution in [2.24, 2.45) is 10.6 Å². The van der Waals surface area contributed by atoms with Crippen molar-refractivity contribution in [1.29, 1.82) is 0 Å². The highest BCUT2D eigenvalue weighted by Gasteiger charge is 2.31. The van der Waals surface area contributed by atoms with E-state index in [9.17, 15) is 18.0 Å². The molecule has 0 aliphatic rings. The Kier molecular flexibility index (Phi) is 6.06. The zero-order chi connectivity index (χ0) is 14.4. The first kappa shape index (κ1) is 16.6. The van der Waals surface area contributed by atoms with E-state index >= 15 is 0 Å². The number of hydrogen-bond donors (Lipinski definition) is 4. The van der Waals surface area contributed by atoms with Crippen LogP contribution in [0.15, 0.2) is 0 Å². The first-order chi connectivity index (χ1) is 8.10. The third kappa shape index (κ3) is 6.40. The average Bonchev–Trinajstić information content (AvgIpc) is 2.23. The highest BCUT2D eigenvalue weighted by Crippen LogP contribution is 2.19. The van der Waals surface area contributed by atoms with Crippen molar-refractivity contribution in [3.8, 4) is 0 Å². The minimum atomic E-state index is -3.62. The Balaban J connectivity index is 4.08. The van der Waals surface area contributed by atoms with Crippen molar-refractivity contribution in [1.82, 2.24) is 10.6 Å². The van der Waals surface area contributed by atoms with Crippen LogP contribution < -0.4 is 15.8 Å². The number of carbonyl (C=O) groups is 2. The van der Waals surface area contributed by atoms with Gasteiger partial charge >= 0.3 is 12.0 Å². The standard InChI is InChI=1S/C9H19N3O5S/c1-3-9(2,7(13)14)6-12-8(15)11-4-5-18(10,16)17/h3-6H2,1-2H3,(H,13,14)(H2,10,16,17)(H2,11,12,15). The van der Waals surface area contributed by atoms with Crippen molar-refractivity contribution >= 4 is 22.0 Å². The lowest BCUT2D eigenvalue weighted by Gasteiger charge is -2.23. The van der Waals surface area contributed by atoms with E-state index in [2.05, 4.69) is 10.6 Å². The number of urea groups is 1. The van der Waals surface area contributed by atoms with E-state index in [1.165, 1.54) is 6.92 Å². The van der Waals surface area contributed by atoms with Gasteiger partial charge in [-0.05, 0) is 13.3 Å². The molecular formula is C9H19N3O5S. The van der Waals surface area contributed by atoms with Crippen molar-refractivity contribution < 1.29 is 23.1 Å². The Bertz CT molecular complexity index is 408. The van der Waals surface area contributed by atoms with Crippen LogP contribution in [0.3, 0.4) is 0 Å². The number of aliphatic carboxylic acids is 1. The zero-order valence-corrected chi connectivity index (χ0v) is 11.2. The fourth-order valence-corrected chi connectivity index (χ4v) is 1.38. The summed E-state index contributed by atoms with van der Waals surface area (Å²) in [6, 6.07) is -0.625. The Labute approximate surface area is 106 Å². The smallest absolute Gasteiger partial charge is 0.314 e. The fourth-order valence-electron chi connectivity index (χ4n) is 0.997. The minimum Gasteiger partial charge on any atom is -0.481 e. The van der Waals surface area contributed by atoms with E-state index in [4.69, 9.17) is 10.2 Å². The van der Waals surface area contributed by atoms with Gasteiger partial charge in [0.05, 0.1) is 11.2 Å². The van der Waals surface area contributed by atoms with Gasteiger partial charge in [0.1, 0.15) is 0 Å². The number of nitrogens with two attached hydrogens (primary N) is 1. The van der Waals surface area contributed by atoms with E-state index in [-0.39, 0.29) is 18.8 Å². The number of rotatable bonds is 7. The highest BCUT2D eigenvalue weighted by molar-refractivity contribution is 7.89. The Morgan fingerprint density at radius 3 is 2.28 bits per heavy atom. The SMILES string of the molecule is CCC(C)(CNC(=O)NCCS(N)(=O)=O)C(=O)O. The average molecular weight is 281 g/mol. The lowest BCUT2D eigenvalue weighted by atomic mass is 9.88. The summed E-state index contributed by atoms with van der Waals surface area (Å²) in [6.45, 7) is 3.05. The number of nitrogens with one attached hydrogen (secondary N) is 2. The fraction of sp³-hybridized carbons (Fsp3) is 0.778. The molecule has 2 amide bonds. The Hall–Kier alpha value is -1.35. The number of hydrogen-bond acceptors (Lipinski definition) is 4. The van der Waals surface area contributed by atoms with Gasteiger partial charge in [-0.15, -0.1) is 0 Å². The summed E-state index contributed by atoms with van der Waals surface area (Å²) in [4.78, 5) is 22.2. The molecule has 0 saturated carbocycles. The number of sulfonamides is 1. The van der Waals surface area contributed by atoms with Crippen LogP contribution in [-0.4, -0.2) is 44.4 Å². The van der Waals surface area contributed by atoms with E-state index < -0.39 is 27.4 Å². The molecule has 1 unspecified atom stereocenters. The first-order valence-corrected chi connectivity index (χ1v) is 7.08. The summed E-state index contributed by atoms with van der Waals surface area (Å²) in [7, 11) is -3.62. The summed E-state index contributed by atoms with van der Waals surface area (Å²) in [5, 5.41) is 18.4. The number of carboxylic acids is 1. The molecule has 9 heteroatoms. The number of carbonyl (C=O) groups excluding carboxylic acids is 1. The van der Waals surface area contributed by atoms with Crippen LogP contribution in [0, 0.1) is 5.41 Å². The van der Waals surface area contributed by atoms with Crippen LogP contribution >= 0.6 is 0 Å². The van der Waals surface area contributed by atoms with E-state index in [1.54, 1.807) is 6.92 Å². The van der Waals surface area contributed by atoms with Crippen molar-refractivity contribution in [3.05, 3.63) is 0 Å². The molecule has 0 bridgehead atoms. The van der Waals surface area contributed by atoms with Crippen LogP contribution in [0.4, 0.5) is 4.79 Å². The number of amides is 2. The molecule has 8 nitrogen and oxygen atoms in total. The summed E-state index contributed by atoms with van der Waals surface area (Å²) in [5.74, 6) is -1.38. The molecule has 0 aromatic rings. The molecule has 106 valence electrons. The molecule has 0 aliphatic heterocycles. The van der Waals surface area contributed by atoms with Gasteiger partial charge in [-0.1, -0.05) is 6.92 Å². The molecule has 0 spiro atoms. The zero-order valence-electron chi connectivity index (χ0n) is 10.4. The molecular weight excluding hydrogens is 262 g/mol. The summed E-state index contributed by atoms with van der Waals surface area (Å²) in [6.07, 6.45) is 0.361. The summed E-state index contributed by atoms with van der Waals surface area (Å²) in [5.41, 5.74) is -1.04. The van der Waals surface area contributed by atoms with Crippen LogP contribution in [0.2, 0.25) is 0 Å². The van der Waals surface area contributed by atoms with Crippen LogP contribution in [-0.2, 0) is 14.8 Å². The van der Waals surface area contributed by atoms with Crippen LogP contribution in [0.1, 0.15) is 20.3 Å². The first-order valence-electron chi connectivity index (χ1n) is 5.36. The number of primary sulfonamides is 1. The third-order valence-corrected chi connectivity index (χ3v) is 3.38. The molecule has 0 fully saturated rings. The predicted octanol–water partition coefficient (Wildman–Crippen LogP) is -0.925. The molecule has 5 N–H and O–H groups in total. The maximum Gasteiger partial charge on any atom is 0.314 e. The molecule has 18 heavy (non-hydrogen) atoms. The quantitative estimate of drug-likeness (QED) is 0.477. The second-order valence-electron chi connectivity index (χ2n) is 4.20. The largest absolute Gasteiger partial charge is 0.481 e. The van der Waals surface area contributed by atoms with Crippen LogP contribution in [0.25, 0.3) is 0 Å². The van der Waals surface area contributed by atoms with Gasteiger partial charge in [-0.25, -0.2) is 18.4 Å². The van der Waals surface area contributed by atoms with Gasteiger partial charge < -0.3 is 15.7 Å². The van der Waals surface area contributed by atoms with Crippen molar-refractivity contribution in [2.45, 2.75) is 20.3 Å². The topological polar surface area (TPSA) is 139 Å². The van der Waals surface area contributed by atoms with E-state index in [0.29, 0.717) is 6.42 Å². The molecule has 0 aromatic carbocycles. The molecule has 0 rings (SSSR count). The van der Waals surface area contributed by atoms with Crippen LogP contribution in [0.5, 0.6) is 0 Å². The molecule has 0 radical (unpaired) electrons. The van der Waals surface area contributed by atoms with Gasteiger partial charge in [-0.2, -0.15) is 0 Å². The minimum absolute atomic E-state index is 0.0416. The van der Waals surface area contributed by atoms with E-state index in [0.717, 1.165) is 0 Å². The monoisotopic (exact) mass is 281 g/mol. The summed E-state index contributed by atoms with van der Waals surface area (Å²) < 4.78 is 21.2. The molecule has 0 saturated heterocycles. The van der Waals surface area contributed by atoms with Crippen molar-refractivity contribution in [2.75, 3.05) is 18.8 Å². The molecule has 0 aromatic heterocycles. The third-order valence-electron chi connectivity index (χ3n) is 2.61. The maximum absolute atomic E-state index is 11.3. The normalized spacial score (nSPS) is 14.6. The van der Waals surface area contributed by atoms with Gasteiger partial charge in [0, 0.05) is 13.1 Å². The lowest BCUT2D eigenvalue weighted by molar-refractivity contribution is -0.147. The second-order valence-corrected chi connectivity index (χ2v) is 5.93. The van der Waals surface area contributed by atoms with Gasteiger partial charge in [0.15, 0.2) is 0 Å². The van der Waals surface area contributed by atoms with E-state index in [1.807, 2.05) is 0 Å². The highest BCUT2D eigenvalue weighted by atomic mass is 32.2. The van der Waals surface area contributed by atoms with Gasteiger partial charge in [-0.3, -0.25) is 4.79 Å². The van der Waals surface area contributed by atoms with Gasteiger partial charge in [0.25, 0.3) is 0 Å². The molecule has 0 heterocycles. The number of carboxylic acid groups (broad SMARTS) is 1.